The molecule has 0 aromatic rings. The van der Waals surface area contributed by atoms with Crippen LogP contribution in [0.15, 0.2) is 0 Å². The largest absolute Gasteiger partial charge is 2.00 e. The molecule has 0 rings (SSSR count). The second-order valence-corrected chi connectivity index (χ2v) is 0.346. The second-order valence-electron chi connectivity index (χ2n) is 0.346. The standard InChI is InChI=1S/BH3O3.Ba.H2S.Zn.2H/c2-1(3)4;;;;;/h2-4H;;1H2;;;/q;+2;;;2*-1. The van der Waals surface area contributed by atoms with Crippen molar-refractivity contribution in [2.24, 2.45) is 0 Å². The van der Waals surface area contributed by atoms with Gasteiger partial charge in [-0.2, -0.15) is 13.5 Å². The molecule has 3 N–H and O–H groups in total. The molecule has 0 spiro atoms. The third-order valence-electron chi connectivity index (χ3n) is 0. The zero-order chi connectivity index (χ0) is 3.58. The fraction of sp³-hybridized carbons (Fsp3) is 0. The first-order valence-electron chi connectivity index (χ1n) is 0.775. The van der Waals surface area contributed by atoms with E-state index in [0.717, 1.165) is 0 Å². The van der Waals surface area contributed by atoms with Crippen LogP contribution in [0.3, 0.4) is 0 Å². The summed E-state index contributed by atoms with van der Waals surface area (Å²) in [7, 11) is -2.17. The Morgan fingerprint density at radius 2 is 1.14 bits per heavy atom. The SMILES string of the molecule is OB(O)O.S.[Ba+2].[H-].[H-].[Zn]. The van der Waals surface area contributed by atoms with Crippen LogP contribution in [-0.2, 0) is 19.5 Å². The third-order valence-corrected chi connectivity index (χ3v) is 0. The zero-order valence-electron chi connectivity index (χ0n) is 5.83. The molecule has 0 amide bonds. The van der Waals surface area contributed by atoms with Crippen LogP contribution in [0, 0.1) is 0 Å². The van der Waals surface area contributed by atoms with E-state index in [1.54, 1.807) is 0 Å². The molecule has 0 saturated heterocycles. The van der Waals surface area contributed by atoms with Gasteiger partial charge in [0.15, 0.2) is 0 Å². The van der Waals surface area contributed by atoms with E-state index in [-0.39, 0.29) is 84.7 Å². The second kappa shape index (κ2) is 15.8. The minimum absolute atomic E-state index is 0. The maximum atomic E-state index is 7.17. The molecule has 7 heteroatoms. The van der Waals surface area contributed by atoms with Gasteiger partial charge in [0.05, 0.1) is 0 Å². The molecule has 0 aromatic heterocycles. The monoisotopic (exact) mass is 300 g/mol. The molecule has 0 saturated carbocycles. The molecule has 7 heavy (non-hydrogen) atoms. The molecular formula is H7BBaO3SZn. The summed E-state index contributed by atoms with van der Waals surface area (Å²) in [5, 5.41) is 21.5. The van der Waals surface area contributed by atoms with Crippen molar-refractivity contribution in [2.45, 2.75) is 0 Å². The summed E-state index contributed by atoms with van der Waals surface area (Å²) >= 11 is 0. The van der Waals surface area contributed by atoms with Crippen LogP contribution in [0.2, 0.25) is 0 Å². The Morgan fingerprint density at radius 1 is 1.14 bits per heavy atom. The van der Waals surface area contributed by atoms with Gasteiger partial charge < -0.3 is 17.9 Å². The fourth-order valence-electron chi connectivity index (χ4n) is 0. The van der Waals surface area contributed by atoms with Crippen LogP contribution in [0.1, 0.15) is 2.85 Å². The Kier molecular flexibility index (Phi) is 51.2. The van der Waals surface area contributed by atoms with Gasteiger partial charge in [0.25, 0.3) is 0 Å². The molecule has 0 aliphatic carbocycles. The molecule has 38 valence electrons. The summed E-state index contributed by atoms with van der Waals surface area (Å²) in [6.45, 7) is 0. The van der Waals surface area contributed by atoms with Crippen LogP contribution < -0.4 is 0 Å². The average Bonchev–Trinajstić information content (AvgIpc) is 0.811. The smallest absolute Gasteiger partial charge is 1.00 e. The fourth-order valence-corrected chi connectivity index (χ4v) is 0. The molecule has 0 radical (unpaired) electrons. The molecule has 3 nitrogen and oxygen atoms in total. The van der Waals surface area contributed by atoms with Gasteiger partial charge in [0.1, 0.15) is 0 Å². The normalized spacial score (nSPS) is 3.86. The molecule has 0 bridgehead atoms. The Morgan fingerprint density at radius 3 is 1.14 bits per heavy atom. The minimum atomic E-state index is -2.17. The summed E-state index contributed by atoms with van der Waals surface area (Å²) in [4.78, 5) is 0. The Balaban J connectivity index is -0.00000000450. The average molecular weight is 301 g/mol. The number of hydrogen-bond donors (Lipinski definition) is 3. The minimum Gasteiger partial charge on any atom is -1.00 e. The number of hydrogen-bond acceptors (Lipinski definition) is 3. The van der Waals surface area contributed by atoms with Crippen molar-refractivity contribution in [3.8, 4) is 0 Å². The van der Waals surface area contributed by atoms with Crippen molar-refractivity contribution in [1.29, 1.82) is 0 Å². The van der Waals surface area contributed by atoms with E-state index in [1.807, 2.05) is 0 Å². The predicted octanol–water partition coefficient (Wildman–Crippen LogP) is -2.10. The molecule has 0 unspecified atom stereocenters. The molecule has 0 aromatic carbocycles. The summed E-state index contributed by atoms with van der Waals surface area (Å²) in [5.74, 6) is 0. The Labute approximate surface area is 105 Å². The maximum Gasteiger partial charge on any atom is 2.00 e. The molecule has 0 fully saturated rings. The van der Waals surface area contributed by atoms with Gasteiger partial charge in [0.2, 0.25) is 0 Å². The van der Waals surface area contributed by atoms with E-state index >= 15 is 0 Å². The van der Waals surface area contributed by atoms with Crippen LogP contribution in [0.5, 0.6) is 0 Å². The van der Waals surface area contributed by atoms with Gasteiger partial charge >= 0.3 is 56.2 Å². The zero-order valence-corrected chi connectivity index (χ0v) is 12.2. The van der Waals surface area contributed by atoms with E-state index in [0.29, 0.717) is 0 Å². The van der Waals surface area contributed by atoms with Crippen LogP contribution in [0.25, 0.3) is 0 Å². The van der Waals surface area contributed by atoms with E-state index in [4.69, 9.17) is 15.1 Å². The topological polar surface area (TPSA) is 60.7 Å². The maximum absolute atomic E-state index is 7.17. The summed E-state index contributed by atoms with van der Waals surface area (Å²) in [6, 6.07) is 0. The molecular weight excluding hydrogens is 294 g/mol. The van der Waals surface area contributed by atoms with E-state index in [1.165, 1.54) is 0 Å². The molecule has 0 atom stereocenters. The summed E-state index contributed by atoms with van der Waals surface area (Å²) in [5.41, 5.74) is 0. The van der Waals surface area contributed by atoms with Crippen molar-refractivity contribution in [3.05, 3.63) is 0 Å². The first-order valence-corrected chi connectivity index (χ1v) is 0.775. The molecule has 0 aliphatic rings. The van der Waals surface area contributed by atoms with E-state index in [2.05, 4.69) is 0 Å². The van der Waals surface area contributed by atoms with Gasteiger partial charge in [-0.05, 0) is 0 Å². The molecule has 0 aliphatic heterocycles. The van der Waals surface area contributed by atoms with Gasteiger partial charge in [-0.15, -0.1) is 0 Å². The van der Waals surface area contributed by atoms with Crippen molar-refractivity contribution in [1.82, 2.24) is 0 Å². The molecule has 0 heterocycles. The quantitative estimate of drug-likeness (QED) is 0.449. The van der Waals surface area contributed by atoms with Gasteiger partial charge in [-0.1, -0.05) is 0 Å². The summed E-state index contributed by atoms with van der Waals surface area (Å²) < 4.78 is 0. The third kappa shape index (κ3) is 57.7. The van der Waals surface area contributed by atoms with Crippen molar-refractivity contribution in [2.75, 3.05) is 0 Å². The van der Waals surface area contributed by atoms with Crippen LogP contribution >= 0.6 is 13.5 Å². The van der Waals surface area contributed by atoms with Crippen molar-refractivity contribution >= 4 is 69.7 Å². The van der Waals surface area contributed by atoms with Gasteiger partial charge in [0, 0.05) is 19.5 Å². The predicted molar refractivity (Wildman–Crippen MR) is 30.8 cm³/mol. The first-order chi connectivity index (χ1) is 1.73. The van der Waals surface area contributed by atoms with Gasteiger partial charge in [-0.25, -0.2) is 0 Å². The van der Waals surface area contributed by atoms with E-state index in [9.17, 15) is 0 Å². The Bertz CT molecular complexity index is 26.5. The number of rotatable bonds is 0. The van der Waals surface area contributed by atoms with Crippen molar-refractivity contribution < 1.29 is 37.4 Å². The summed E-state index contributed by atoms with van der Waals surface area (Å²) in [6.07, 6.45) is 0. The van der Waals surface area contributed by atoms with Crippen LogP contribution in [0.4, 0.5) is 0 Å². The van der Waals surface area contributed by atoms with Gasteiger partial charge in [-0.3, -0.25) is 0 Å². The van der Waals surface area contributed by atoms with E-state index < -0.39 is 7.32 Å². The Hall–Kier alpha value is 2.49. The van der Waals surface area contributed by atoms with Crippen molar-refractivity contribution in [3.63, 3.8) is 0 Å². The first kappa shape index (κ1) is 22.7. The van der Waals surface area contributed by atoms with Crippen LogP contribution in [-0.4, -0.2) is 71.3 Å².